The summed E-state index contributed by atoms with van der Waals surface area (Å²) >= 11 is 0. The van der Waals surface area contributed by atoms with Crippen LogP contribution >= 0.6 is 0 Å². The number of hydrazine groups is 1. The van der Waals surface area contributed by atoms with Gasteiger partial charge >= 0.3 is 5.69 Å². The Bertz CT molecular complexity index is 1130. The maximum absolute atomic E-state index is 12.3. The summed E-state index contributed by atoms with van der Waals surface area (Å²) in [5, 5.41) is 17.1. The van der Waals surface area contributed by atoms with Gasteiger partial charge in [0.1, 0.15) is 12.1 Å². The van der Waals surface area contributed by atoms with Gasteiger partial charge in [-0.05, 0) is 48.5 Å². The van der Waals surface area contributed by atoms with E-state index < -0.39 is 16.5 Å². The topological polar surface area (TPSA) is 160 Å². The summed E-state index contributed by atoms with van der Waals surface area (Å²) in [5.41, 5.74) is 5.76. The lowest BCUT2D eigenvalue weighted by atomic mass is 10.2. The van der Waals surface area contributed by atoms with Crippen molar-refractivity contribution in [1.29, 1.82) is 0 Å². The van der Waals surface area contributed by atoms with E-state index in [-0.39, 0.29) is 17.5 Å². The minimum absolute atomic E-state index is 0.0847. The van der Waals surface area contributed by atoms with Crippen molar-refractivity contribution in [2.75, 3.05) is 23.2 Å². The molecule has 164 valence electrons. The molecule has 3 aromatic rings. The quantitative estimate of drug-likeness (QED) is 0.307. The molecule has 0 aliphatic heterocycles. The van der Waals surface area contributed by atoms with Crippen molar-refractivity contribution in [2.45, 2.75) is 6.92 Å². The minimum Gasteiger partial charge on any atom is -0.497 e. The molecule has 0 spiro atoms. The number of methoxy groups -OCH3 is 1. The molecule has 0 unspecified atom stereocenters. The molecule has 0 bridgehead atoms. The highest BCUT2D eigenvalue weighted by Crippen LogP contribution is 2.31. The number of nitrogens with zero attached hydrogens (tertiary/aromatic N) is 3. The standard InChI is InChI=1S/C20H19N7O5/c1-12(28)23-14-5-7-15(8-6-14)24-18-17(27(30)31)19(22-11-21-18)25-26-20(29)13-3-9-16(32-2)10-4-13/h3-11H,1-2H3,(H,23,28)(H,26,29)(H2,21,22,24,25). The first-order chi connectivity index (χ1) is 15.4. The Kier molecular flexibility index (Phi) is 6.75. The number of hydrogen-bond acceptors (Lipinski definition) is 9. The number of amides is 2. The number of nitrogens with one attached hydrogen (secondary N) is 4. The molecule has 2 amide bonds. The van der Waals surface area contributed by atoms with E-state index in [4.69, 9.17) is 4.74 Å². The van der Waals surface area contributed by atoms with Gasteiger partial charge in [0.05, 0.1) is 12.0 Å². The molecule has 0 aliphatic carbocycles. The number of carbonyl (C=O) groups is 2. The zero-order valence-corrected chi connectivity index (χ0v) is 17.1. The Morgan fingerprint density at radius 1 is 0.969 bits per heavy atom. The number of nitro groups is 1. The maximum atomic E-state index is 12.3. The molecule has 0 saturated carbocycles. The average molecular weight is 437 g/mol. The predicted molar refractivity (Wildman–Crippen MR) is 117 cm³/mol. The van der Waals surface area contributed by atoms with Crippen LogP contribution in [-0.4, -0.2) is 33.8 Å². The zero-order chi connectivity index (χ0) is 23.1. The highest BCUT2D eigenvalue weighted by Gasteiger charge is 2.23. The van der Waals surface area contributed by atoms with Gasteiger partial charge in [0.15, 0.2) is 0 Å². The summed E-state index contributed by atoms with van der Waals surface area (Å²) in [6.45, 7) is 1.39. The highest BCUT2D eigenvalue weighted by atomic mass is 16.6. The van der Waals surface area contributed by atoms with E-state index in [2.05, 4.69) is 31.5 Å². The summed E-state index contributed by atoms with van der Waals surface area (Å²) < 4.78 is 5.04. The molecule has 0 radical (unpaired) electrons. The van der Waals surface area contributed by atoms with Gasteiger partial charge in [-0.15, -0.1) is 0 Å². The molecule has 0 aliphatic rings. The molecule has 12 heteroatoms. The number of ether oxygens (including phenoxy) is 1. The second kappa shape index (κ2) is 9.84. The molecule has 3 rings (SSSR count). The molecule has 1 heterocycles. The van der Waals surface area contributed by atoms with Gasteiger partial charge in [-0.25, -0.2) is 9.97 Å². The summed E-state index contributed by atoms with van der Waals surface area (Å²) in [6.07, 6.45) is 1.11. The van der Waals surface area contributed by atoms with Crippen molar-refractivity contribution in [3.8, 4) is 5.75 Å². The SMILES string of the molecule is COc1ccc(C(=O)NNc2ncnc(Nc3ccc(NC(C)=O)cc3)c2[N+](=O)[O-])cc1. The van der Waals surface area contributed by atoms with Gasteiger partial charge < -0.3 is 15.4 Å². The van der Waals surface area contributed by atoms with Crippen LogP contribution in [0.1, 0.15) is 17.3 Å². The normalized spacial score (nSPS) is 10.1. The number of aromatic nitrogens is 2. The van der Waals surface area contributed by atoms with Crippen LogP contribution in [0.2, 0.25) is 0 Å². The molecule has 2 aromatic carbocycles. The first kappa shape index (κ1) is 22.0. The van der Waals surface area contributed by atoms with Crippen LogP contribution in [0.25, 0.3) is 0 Å². The Morgan fingerprint density at radius 3 is 2.19 bits per heavy atom. The van der Waals surface area contributed by atoms with Gasteiger partial charge in [-0.2, -0.15) is 0 Å². The fourth-order valence-corrected chi connectivity index (χ4v) is 2.64. The third-order valence-corrected chi connectivity index (χ3v) is 4.12. The molecule has 32 heavy (non-hydrogen) atoms. The Morgan fingerprint density at radius 2 is 1.59 bits per heavy atom. The number of rotatable bonds is 8. The van der Waals surface area contributed by atoms with Crippen LogP contribution in [-0.2, 0) is 4.79 Å². The van der Waals surface area contributed by atoms with Crippen LogP contribution in [0.15, 0.2) is 54.9 Å². The van der Waals surface area contributed by atoms with Crippen LogP contribution in [0.4, 0.5) is 28.7 Å². The van der Waals surface area contributed by atoms with Crippen LogP contribution in [0.3, 0.4) is 0 Å². The van der Waals surface area contributed by atoms with Gasteiger partial charge in [0.2, 0.25) is 17.5 Å². The van der Waals surface area contributed by atoms with Crippen molar-refractivity contribution in [3.63, 3.8) is 0 Å². The van der Waals surface area contributed by atoms with E-state index in [1.807, 2.05) is 0 Å². The largest absolute Gasteiger partial charge is 0.497 e. The van der Waals surface area contributed by atoms with Crippen LogP contribution in [0.5, 0.6) is 5.75 Å². The van der Waals surface area contributed by atoms with E-state index in [9.17, 15) is 19.7 Å². The van der Waals surface area contributed by atoms with Crippen molar-refractivity contribution >= 4 is 40.5 Å². The van der Waals surface area contributed by atoms with E-state index in [1.54, 1.807) is 48.5 Å². The minimum atomic E-state index is -0.671. The van der Waals surface area contributed by atoms with Crippen molar-refractivity contribution in [1.82, 2.24) is 15.4 Å². The number of carbonyl (C=O) groups excluding carboxylic acids is 2. The Hall–Kier alpha value is -4.74. The van der Waals surface area contributed by atoms with E-state index in [0.717, 1.165) is 6.33 Å². The Balaban J connectivity index is 1.76. The first-order valence-corrected chi connectivity index (χ1v) is 9.22. The van der Waals surface area contributed by atoms with Crippen molar-refractivity contribution < 1.29 is 19.2 Å². The molecule has 0 atom stereocenters. The number of hydrogen-bond donors (Lipinski definition) is 4. The second-order valence-electron chi connectivity index (χ2n) is 6.37. The molecular weight excluding hydrogens is 418 g/mol. The summed E-state index contributed by atoms with van der Waals surface area (Å²) in [7, 11) is 1.51. The first-order valence-electron chi connectivity index (χ1n) is 9.22. The fraction of sp³-hybridized carbons (Fsp3) is 0.100. The summed E-state index contributed by atoms with van der Waals surface area (Å²) in [5.74, 6) is -0.447. The molecule has 4 N–H and O–H groups in total. The van der Waals surface area contributed by atoms with E-state index >= 15 is 0 Å². The monoisotopic (exact) mass is 437 g/mol. The summed E-state index contributed by atoms with van der Waals surface area (Å²) in [4.78, 5) is 42.2. The molecule has 0 fully saturated rings. The number of benzene rings is 2. The van der Waals surface area contributed by atoms with Crippen LogP contribution < -0.4 is 26.2 Å². The van der Waals surface area contributed by atoms with Crippen molar-refractivity contribution in [2.24, 2.45) is 0 Å². The smallest absolute Gasteiger partial charge is 0.355 e. The highest BCUT2D eigenvalue weighted by molar-refractivity contribution is 5.95. The maximum Gasteiger partial charge on any atom is 0.355 e. The van der Waals surface area contributed by atoms with E-state index in [0.29, 0.717) is 22.7 Å². The van der Waals surface area contributed by atoms with E-state index in [1.165, 1.54) is 14.0 Å². The lowest BCUT2D eigenvalue weighted by Gasteiger charge is -2.11. The predicted octanol–water partition coefficient (Wildman–Crippen LogP) is 2.85. The fourth-order valence-electron chi connectivity index (χ4n) is 2.64. The van der Waals surface area contributed by atoms with Crippen molar-refractivity contribution in [3.05, 3.63) is 70.5 Å². The number of anilines is 4. The third-order valence-electron chi connectivity index (χ3n) is 4.12. The van der Waals surface area contributed by atoms with Gasteiger partial charge in [-0.1, -0.05) is 0 Å². The van der Waals surface area contributed by atoms with Crippen LogP contribution in [0, 0.1) is 10.1 Å². The van der Waals surface area contributed by atoms with Gasteiger partial charge in [-0.3, -0.25) is 30.6 Å². The lowest BCUT2D eigenvalue weighted by molar-refractivity contribution is -0.383. The molecular formula is C20H19N7O5. The Labute approximate surface area is 182 Å². The van der Waals surface area contributed by atoms with Gasteiger partial charge in [0, 0.05) is 23.9 Å². The second-order valence-corrected chi connectivity index (χ2v) is 6.37. The summed E-state index contributed by atoms with van der Waals surface area (Å²) in [6, 6.07) is 12.8. The molecule has 1 aromatic heterocycles. The third kappa shape index (κ3) is 5.44. The lowest BCUT2D eigenvalue weighted by Crippen LogP contribution is -2.30. The van der Waals surface area contributed by atoms with Gasteiger partial charge in [0.25, 0.3) is 5.91 Å². The molecule has 12 nitrogen and oxygen atoms in total. The zero-order valence-electron chi connectivity index (χ0n) is 17.1. The molecule has 0 saturated heterocycles. The average Bonchev–Trinajstić information content (AvgIpc) is 2.78.